The topological polar surface area (TPSA) is 55.4 Å². The number of hydrogen-bond acceptors (Lipinski definition) is 8. The standard InChI is InChI=1S/C16H38O6S2Si2/c1-17-25(18-2,19-3)15-11-7-9-13-23-24-14-10-8-12-16-26(20-4,21-5)22-6/h7-16H2,1-6H3. The van der Waals surface area contributed by atoms with Crippen molar-refractivity contribution in [2.45, 2.75) is 50.6 Å². The van der Waals surface area contributed by atoms with Crippen molar-refractivity contribution in [3.8, 4) is 0 Å². The molecule has 158 valence electrons. The molecule has 26 heavy (non-hydrogen) atoms. The average molecular weight is 447 g/mol. The van der Waals surface area contributed by atoms with Crippen molar-refractivity contribution in [1.82, 2.24) is 0 Å². The van der Waals surface area contributed by atoms with E-state index < -0.39 is 17.6 Å². The SMILES string of the molecule is CO[Si](CCCCCSSCCCCC[Si](OC)(OC)OC)(OC)OC. The van der Waals surface area contributed by atoms with E-state index in [2.05, 4.69) is 0 Å². The third-order valence-electron chi connectivity index (χ3n) is 4.37. The Morgan fingerprint density at radius 1 is 0.462 bits per heavy atom. The zero-order valence-corrected chi connectivity index (χ0v) is 21.0. The molecule has 0 aromatic rings. The maximum atomic E-state index is 5.43. The van der Waals surface area contributed by atoms with Gasteiger partial charge < -0.3 is 26.6 Å². The van der Waals surface area contributed by atoms with Crippen LogP contribution < -0.4 is 0 Å². The Morgan fingerprint density at radius 3 is 1.04 bits per heavy atom. The summed E-state index contributed by atoms with van der Waals surface area (Å²) < 4.78 is 32.6. The first-order valence-corrected chi connectivity index (χ1v) is 15.5. The molecule has 0 aromatic carbocycles. The highest BCUT2D eigenvalue weighted by atomic mass is 33.1. The largest absolute Gasteiger partial charge is 0.500 e. The molecule has 0 spiro atoms. The van der Waals surface area contributed by atoms with Crippen molar-refractivity contribution in [3.63, 3.8) is 0 Å². The molecule has 0 fully saturated rings. The third kappa shape index (κ3) is 11.0. The predicted molar refractivity (Wildman–Crippen MR) is 116 cm³/mol. The van der Waals surface area contributed by atoms with Gasteiger partial charge in [-0.15, -0.1) is 0 Å². The number of unbranched alkanes of at least 4 members (excludes halogenated alkanes) is 4. The van der Waals surface area contributed by atoms with Gasteiger partial charge in [-0.25, -0.2) is 0 Å². The maximum Gasteiger partial charge on any atom is 0.500 e. The molecule has 0 N–H and O–H groups in total. The first-order valence-electron chi connectivity index (χ1n) is 9.13. The van der Waals surface area contributed by atoms with Gasteiger partial charge in [0.15, 0.2) is 0 Å². The first kappa shape index (κ1) is 26.9. The predicted octanol–water partition coefficient (Wildman–Crippen LogP) is 4.46. The molecule has 0 heterocycles. The van der Waals surface area contributed by atoms with Crippen LogP contribution in [-0.4, -0.2) is 71.8 Å². The first-order chi connectivity index (χ1) is 12.6. The lowest BCUT2D eigenvalue weighted by molar-refractivity contribution is 0.122. The van der Waals surface area contributed by atoms with E-state index in [1.54, 1.807) is 42.7 Å². The monoisotopic (exact) mass is 446 g/mol. The fourth-order valence-electron chi connectivity index (χ4n) is 2.59. The summed E-state index contributed by atoms with van der Waals surface area (Å²) in [7, 11) is 9.26. The summed E-state index contributed by atoms with van der Waals surface area (Å²) >= 11 is 0. The van der Waals surface area contributed by atoms with Crippen molar-refractivity contribution >= 4 is 39.2 Å². The van der Waals surface area contributed by atoms with Crippen LogP contribution in [-0.2, 0) is 26.6 Å². The third-order valence-corrected chi connectivity index (χ3v) is 12.6. The molecule has 0 aromatic heterocycles. The summed E-state index contributed by atoms with van der Waals surface area (Å²) in [5, 5.41) is 0. The van der Waals surface area contributed by atoms with Gasteiger partial charge >= 0.3 is 17.6 Å². The zero-order chi connectivity index (χ0) is 19.7. The molecule has 0 saturated heterocycles. The van der Waals surface area contributed by atoms with Gasteiger partial charge in [0, 0.05) is 66.3 Å². The summed E-state index contributed by atoms with van der Waals surface area (Å²) in [5.41, 5.74) is 0. The van der Waals surface area contributed by atoms with Crippen LogP contribution in [0.15, 0.2) is 0 Å². The highest BCUT2D eigenvalue weighted by Gasteiger charge is 2.37. The Balaban J connectivity index is 3.50. The average Bonchev–Trinajstić information content (AvgIpc) is 2.69. The molecule has 0 aliphatic rings. The summed E-state index contributed by atoms with van der Waals surface area (Å²) in [5.74, 6) is 2.39. The second-order valence-corrected chi connectivity index (χ2v) is 14.7. The van der Waals surface area contributed by atoms with E-state index in [1.807, 2.05) is 21.6 Å². The van der Waals surface area contributed by atoms with Gasteiger partial charge in [-0.2, -0.15) is 0 Å². The minimum Gasteiger partial charge on any atom is -0.377 e. The molecule has 0 saturated carbocycles. The van der Waals surface area contributed by atoms with Gasteiger partial charge in [0.1, 0.15) is 0 Å². The molecular formula is C16H38O6S2Si2. The van der Waals surface area contributed by atoms with E-state index in [0.717, 1.165) is 24.9 Å². The van der Waals surface area contributed by atoms with Crippen LogP contribution in [0.5, 0.6) is 0 Å². The van der Waals surface area contributed by atoms with Gasteiger partial charge in [-0.05, 0) is 25.7 Å². The Morgan fingerprint density at radius 2 is 0.769 bits per heavy atom. The number of hydrogen-bond donors (Lipinski definition) is 0. The highest BCUT2D eigenvalue weighted by Crippen LogP contribution is 2.26. The van der Waals surface area contributed by atoms with E-state index >= 15 is 0 Å². The van der Waals surface area contributed by atoms with E-state index in [-0.39, 0.29) is 0 Å². The van der Waals surface area contributed by atoms with Crippen LogP contribution in [0, 0.1) is 0 Å². The Bertz CT molecular complexity index is 275. The molecule has 0 radical (unpaired) electrons. The maximum absolute atomic E-state index is 5.43. The van der Waals surface area contributed by atoms with Crippen molar-refractivity contribution < 1.29 is 26.6 Å². The molecule has 0 rings (SSSR count). The molecule has 0 unspecified atom stereocenters. The second-order valence-electron chi connectivity index (χ2n) is 5.86. The minimum absolute atomic E-state index is 0.892. The normalized spacial score (nSPS) is 12.7. The van der Waals surface area contributed by atoms with Crippen molar-refractivity contribution in [2.75, 3.05) is 54.2 Å². The fourth-order valence-corrected chi connectivity index (χ4v) is 8.47. The molecule has 6 nitrogen and oxygen atoms in total. The molecule has 0 bridgehead atoms. The van der Waals surface area contributed by atoms with Crippen LogP contribution in [0.25, 0.3) is 0 Å². The van der Waals surface area contributed by atoms with Crippen LogP contribution in [0.3, 0.4) is 0 Å². The molecule has 10 heteroatoms. The molecular weight excluding hydrogens is 408 g/mol. The van der Waals surface area contributed by atoms with Gasteiger partial charge in [-0.3, -0.25) is 0 Å². The fraction of sp³-hybridized carbons (Fsp3) is 1.00. The van der Waals surface area contributed by atoms with Gasteiger partial charge in [0.2, 0.25) is 0 Å². The van der Waals surface area contributed by atoms with E-state index in [0.29, 0.717) is 0 Å². The summed E-state index contributed by atoms with van der Waals surface area (Å²) in [6, 6.07) is 1.78. The van der Waals surface area contributed by atoms with Crippen LogP contribution >= 0.6 is 21.6 Å². The van der Waals surface area contributed by atoms with E-state index in [4.69, 9.17) is 26.6 Å². The smallest absolute Gasteiger partial charge is 0.377 e. The van der Waals surface area contributed by atoms with Crippen LogP contribution in [0.2, 0.25) is 12.1 Å². The van der Waals surface area contributed by atoms with Crippen molar-refractivity contribution in [1.29, 1.82) is 0 Å². The van der Waals surface area contributed by atoms with Crippen LogP contribution in [0.4, 0.5) is 0 Å². The molecule has 0 atom stereocenters. The zero-order valence-electron chi connectivity index (χ0n) is 17.3. The van der Waals surface area contributed by atoms with E-state index in [1.165, 1.54) is 37.2 Å². The minimum atomic E-state index is -2.37. The van der Waals surface area contributed by atoms with Crippen molar-refractivity contribution in [2.24, 2.45) is 0 Å². The van der Waals surface area contributed by atoms with E-state index in [9.17, 15) is 0 Å². The Labute approximate surface area is 170 Å². The summed E-state index contributed by atoms with van der Waals surface area (Å²) in [6.45, 7) is 0. The van der Waals surface area contributed by atoms with Gasteiger partial charge in [-0.1, -0.05) is 34.4 Å². The highest BCUT2D eigenvalue weighted by molar-refractivity contribution is 8.76. The quantitative estimate of drug-likeness (QED) is 0.164. The Kier molecular flexibility index (Phi) is 17.4. The Hall–Kier alpha value is 0.894. The van der Waals surface area contributed by atoms with Gasteiger partial charge in [0.05, 0.1) is 0 Å². The van der Waals surface area contributed by atoms with Crippen molar-refractivity contribution in [3.05, 3.63) is 0 Å². The second kappa shape index (κ2) is 16.8. The molecule has 0 aliphatic carbocycles. The van der Waals surface area contributed by atoms with Gasteiger partial charge in [0.25, 0.3) is 0 Å². The molecule has 0 amide bonds. The molecule has 0 aliphatic heterocycles. The lowest BCUT2D eigenvalue weighted by Gasteiger charge is -2.24. The summed E-state index contributed by atoms with van der Waals surface area (Å²) in [6.07, 6.45) is 7.02. The van der Waals surface area contributed by atoms with Crippen LogP contribution in [0.1, 0.15) is 38.5 Å². The number of rotatable bonds is 19. The summed E-state index contributed by atoms with van der Waals surface area (Å²) in [4.78, 5) is 0. The lowest BCUT2D eigenvalue weighted by Crippen LogP contribution is -2.42. The lowest BCUT2D eigenvalue weighted by atomic mass is 10.3.